The maximum Gasteiger partial charge on any atom is 0.306 e. The molecule has 1 atom stereocenters. The van der Waals surface area contributed by atoms with Crippen LogP contribution in [0.1, 0.15) is 36.2 Å². The third-order valence-electron chi connectivity index (χ3n) is 4.53. The van der Waals surface area contributed by atoms with Crippen LogP contribution in [0.2, 0.25) is 0 Å². The molecule has 0 aliphatic carbocycles. The molecule has 8 heteroatoms. The zero-order valence-electron chi connectivity index (χ0n) is 16.0. The van der Waals surface area contributed by atoms with E-state index in [0.29, 0.717) is 23.6 Å². The molecule has 1 aliphatic heterocycles. The summed E-state index contributed by atoms with van der Waals surface area (Å²) < 4.78 is 38.0. The number of rotatable bonds is 7. The van der Waals surface area contributed by atoms with Crippen LogP contribution in [-0.2, 0) is 16.7 Å². The van der Waals surface area contributed by atoms with Crippen molar-refractivity contribution in [1.29, 1.82) is 0 Å². The molecule has 0 saturated carbocycles. The van der Waals surface area contributed by atoms with Crippen molar-refractivity contribution in [3.8, 4) is 17.2 Å². The van der Waals surface area contributed by atoms with E-state index in [9.17, 15) is 13.2 Å². The highest BCUT2D eigenvalue weighted by Gasteiger charge is 2.23. The number of benzene rings is 2. The molecule has 0 unspecified atom stereocenters. The lowest BCUT2D eigenvalue weighted by Crippen LogP contribution is -2.37. The van der Waals surface area contributed by atoms with Crippen LogP contribution in [-0.4, -0.2) is 38.3 Å². The lowest BCUT2D eigenvalue weighted by atomic mass is 10.1. The Kier molecular flexibility index (Phi) is 5.79. The molecule has 0 fully saturated rings. The van der Waals surface area contributed by atoms with Gasteiger partial charge in [-0.3, -0.25) is 4.79 Å². The Morgan fingerprint density at radius 3 is 2.46 bits per heavy atom. The van der Waals surface area contributed by atoms with Crippen molar-refractivity contribution < 1.29 is 26.9 Å². The second kappa shape index (κ2) is 8.10. The molecule has 1 heterocycles. The third kappa shape index (κ3) is 4.75. The van der Waals surface area contributed by atoms with Gasteiger partial charge in [-0.1, -0.05) is 19.1 Å². The predicted octanol–water partition coefficient (Wildman–Crippen LogP) is 3.19. The standard InChI is InChI=1S/C20H23NO6S/c1-4-14(2)21(12-15-5-8-17(9-6-15)27-28(3,23)24)20(22)16-7-10-18-19(11-16)26-13-25-18/h5-11,14H,4,12-13H2,1-3H3/t14-/m1/s1. The van der Waals surface area contributed by atoms with Gasteiger partial charge in [0.2, 0.25) is 6.79 Å². The number of hydrogen-bond donors (Lipinski definition) is 0. The highest BCUT2D eigenvalue weighted by Crippen LogP contribution is 2.33. The number of hydrogen-bond acceptors (Lipinski definition) is 6. The first-order valence-corrected chi connectivity index (χ1v) is 10.8. The molecule has 7 nitrogen and oxygen atoms in total. The molecule has 0 bridgehead atoms. The molecule has 0 N–H and O–H groups in total. The van der Waals surface area contributed by atoms with Gasteiger partial charge >= 0.3 is 10.1 Å². The Bertz CT molecular complexity index is 955. The van der Waals surface area contributed by atoms with E-state index in [4.69, 9.17) is 13.7 Å². The van der Waals surface area contributed by atoms with Crippen molar-refractivity contribution in [2.24, 2.45) is 0 Å². The Morgan fingerprint density at radius 1 is 1.14 bits per heavy atom. The van der Waals surface area contributed by atoms with Crippen molar-refractivity contribution in [2.45, 2.75) is 32.9 Å². The second-order valence-corrected chi connectivity index (χ2v) is 8.26. The number of carbonyl (C=O) groups excluding carboxylic acids is 1. The van der Waals surface area contributed by atoms with Crippen LogP contribution in [0, 0.1) is 0 Å². The summed E-state index contributed by atoms with van der Waals surface area (Å²) in [6, 6.07) is 11.8. The smallest absolute Gasteiger partial charge is 0.306 e. The zero-order valence-corrected chi connectivity index (χ0v) is 16.9. The largest absolute Gasteiger partial charge is 0.454 e. The molecule has 2 aromatic carbocycles. The molecule has 2 aromatic rings. The molecular weight excluding hydrogens is 382 g/mol. The highest BCUT2D eigenvalue weighted by molar-refractivity contribution is 7.86. The van der Waals surface area contributed by atoms with Gasteiger partial charge in [0.25, 0.3) is 5.91 Å². The first-order chi connectivity index (χ1) is 13.3. The van der Waals surface area contributed by atoms with Gasteiger partial charge in [0.1, 0.15) is 5.75 Å². The van der Waals surface area contributed by atoms with Crippen molar-refractivity contribution in [3.63, 3.8) is 0 Å². The molecule has 0 aromatic heterocycles. The van der Waals surface area contributed by atoms with Crippen LogP contribution in [0.25, 0.3) is 0 Å². The van der Waals surface area contributed by atoms with Crippen molar-refractivity contribution in [3.05, 3.63) is 53.6 Å². The third-order valence-corrected chi connectivity index (χ3v) is 5.02. The van der Waals surface area contributed by atoms with E-state index < -0.39 is 10.1 Å². The van der Waals surface area contributed by atoms with Gasteiger partial charge in [-0.15, -0.1) is 0 Å². The molecule has 0 radical (unpaired) electrons. The van der Waals surface area contributed by atoms with Gasteiger partial charge in [0.15, 0.2) is 11.5 Å². The topological polar surface area (TPSA) is 82.1 Å². The fraction of sp³-hybridized carbons (Fsp3) is 0.350. The Labute approximate surface area is 164 Å². The maximum atomic E-state index is 13.1. The van der Waals surface area contributed by atoms with Crippen molar-refractivity contribution in [2.75, 3.05) is 13.0 Å². The summed E-state index contributed by atoms with van der Waals surface area (Å²) >= 11 is 0. The fourth-order valence-corrected chi connectivity index (χ4v) is 3.33. The van der Waals surface area contributed by atoms with E-state index in [1.54, 1.807) is 47.4 Å². The molecule has 150 valence electrons. The van der Waals surface area contributed by atoms with Gasteiger partial charge < -0.3 is 18.6 Å². The highest BCUT2D eigenvalue weighted by atomic mass is 32.2. The van der Waals surface area contributed by atoms with Gasteiger partial charge in [0.05, 0.1) is 6.26 Å². The van der Waals surface area contributed by atoms with Crippen LogP contribution in [0.4, 0.5) is 0 Å². The minimum absolute atomic E-state index is 0.0184. The summed E-state index contributed by atoms with van der Waals surface area (Å²) in [5.74, 6) is 1.33. The van der Waals surface area contributed by atoms with Crippen LogP contribution in [0.15, 0.2) is 42.5 Å². The monoisotopic (exact) mass is 405 g/mol. The Balaban J connectivity index is 1.79. The summed E-state index contributed by atoms with van der Waals surface area (Å²) in [7, 11) is -3.57. The van der Waals surface area contributed by atoms with Crippen molar-refractivity contribution >= 4 is 16.0 Å². The number of amides is 1. The van der Waals surface area contributed by atoms with E-state index in [1.165, 1.54) is 0 Å². The first-order valence-electron chi connectivity index (χ1n) is 8.96. The van der Waals surface area contributed by atoms with Gasteiger partial charge in [0, 0.05) is 18.2 Å². The molecule has 1 aliphatic rings. The number of fused-ring (bicyclic) bond motifs is 1. The van der Waals surface area contributed by atoms with E-state index in [1.807, 2.05) is 13.8 Å². The summed E-state index contributed by atoms with van der Waals surface area (Å²) in [4.78, 5) is 14.9. The van der Waals surface area contributed by atoms with E-state index >= 15 is 0 Å². The Morgan fingerprint density at radius 2 is 1.82 bits per heavy atom. The fourth-order valence-electron chi connectivity index (χ4n) is 2.87. The summed E-state index contributed by atoms with van der Waals surface area (Å²) in [6.07, 6.45) is 1.79. The molecule has 3 rings (SSSR count). The minimum atomic E-state index is -3.57. The minimum Gasteiger partial charge on any atom is -0.454 e. The number of nitrogens with zero attached hydrogens (tertiary/aromatic N) is 1. The molecule has 28 heavy (non-hydrogen) atoms. The average molecular weight is 405 g/mol. The van der Waals surface area contributed by atoms with Crippen LogP contribution in [0.5, 0.6) is 17.2 Å². The molecule has 1 amide bonds. The first kappa shape index (κ1) is 20.0. The van der Waals surface area contributed by atoms with Crippen LogP contribution >= 0.6 is 0 Å². The number of carbonyl (C=O) groups is 1. The van der Waals surface area contributed by atoms with E-state index in [0.717, 1.165) is 18.2 Å². The predicted molar refractivity (Wildman–Crippen MR) is 104 cm³/mol. The Hall–Kier alpha value is -2.74. The quantitative estimate of drug-likeness (QED) is 0.658. The molecular formula is C20H23NO6S. The lowest BCUT2D eigenvalue weighted by Gasteiger charge is -2.29. The maximum absolute atomic E-state index is 13.1. The molecule has 0 spiro atoms. The van der Waals surface area contributed by atoms with Gasteiger partial charge in [-0.25, -0.2) is 0 Å². The average Bonchev–Trinajstić information content (AvgIpc) is 3.13. The second-order valence-electron chi connectivity index (χ2n) is 6.69. The SMILES string of the molecule is CC[C@@H](C)N(Cc1ccc(OS(C)(=O)=O)cc1)C(=O)c1ccc2c(c1)OCO2. The van der Waals surface area contributed by atoms with Gasteiger partial charge in [-0.05, 0) is 49.2 Å². The van der Waals surface area contributed by atoms with Crippen LogP contribution in [0.3, 0.4) is 0 Å². The zero-order chi connectivity index (χ0) is 20.3. The summed E-state index contributed by atoms with van der Waals surface area (Å²) in [5, 5.41) is 0. The number of ether oxygens (including phenoxy) is 2. The van der Waals surface area contributed by atoms with Crippen molar-refractivity contribution in [1.82, 2.24) is 4.90 Å². The summed E-state index contributed by atoms with van der Waals surface area (Å²) in [6.45, 7) is 4.56. The van der Waals surface area contributed by atoms with Gasteiger partial charge in [-0.2, -0.15) is 8.42 Å². The summed E-state index contributed by atoms with van der Waals surface area (Å²) in [5.41, 5.74) is 1.40. The van der Waals surface area contributed by atoms with E-state index in [-0.39, 0.29) is 24.5 Å². The normalized spacial score (nSPS) is 13.8. The van der Waals surface area contributed by atoms with Crippen LogP contribution < -0.4 is 13.7 Å². The molecule has 0 saturated heterocycles. The lowest BCUT2D eigenvalue weighted by molar-refractivity contribution is 0.0671. The van der Waals surface area contributed by atoms with E-state index in [2.05, 4.69) is 0 Å².